The molecule has 37 heavy (non-hydrogen) atoms. The van der Waals surface area contributed by atoms with Crippen LogP contribution in [0.4, 0.5) is 18.9 Å². The second kappa shape index (κ2) is 11.0. The quantitative estimate of drug-likeness (QED) is 0.310. The number of anilines is 1. The number of nitrogens with zero attached hydrogens (tertiary/aromatic N) is 2. The summed E-state index contributed by atoms with van der Waals surface area (Å²) >= 11 is 6.27. The molecule has 4 aromatic rings. The summed E-state index contributed by atoms with van der Waals surface area (Å²) in [5.41, 5.74) is 1.64. The van der Waals surface area contributed by atoms with E-state index in [2.05, 4.69) is 15.7 Å². The number of carbonyl (C=O) groups excluding carboxylic acids is 2. The molecular weight excluding hydrogens is 509 g/mol. The predicted molar refractivity (Wildman–Crippen MR) is 134 cm³/mol. The van der Waals surface area contributed by atoms with Crippen molar-refractivity contribution >= 4 is 40.0 Å². The summed E-state index contributed by atoms with van der Waals surface area (Å²) in [5.74, 6) is -0.646. The lowest BCUT2D eigenvalue weighted by molar-refractivity contribution is -0.137. The number of carbonyl (C=O) groups is 2. The molecule has 0 atom stereocenters. The van der Waals surface area contributed by atoms with Crippen molar-refractivity contribution in [2.24, 2.45) is 0 Å². The third-order valence-corrected chi connectivity index (χ3v) is 5.93. The van der Waals surface area contributed by atoms with Crippen molar-refractivity contribution in [3.63, 3.8) is 0 Å². The van der Waals surface area contributed by atoms with Crippen LogP contribution in [-0.4, -0.2) is 35.3 Å². The number of fused-ring (bicyclic) bond motifs is 1. The number of alkyl halides is 3. The van der Waals surface area contributed by atoms with Crippen LogP contribution in [0.3, 0.4) is 0 Å². The second-order valence-corrected chi connectivity index (χ2v) is 8.53. The van der Waals surface area contributed by atoms with Gasteiger partial charge in [-0.2, -0.15) is 18.3 Å². The smallest absolute Gasteiger partial charge is 0.384 e. The third-order valence-electron chi connectivity index (χ3n) is 5.60. The van der Waals surface area contributed by atoms with Crippen LogP contribution in [0.25, 0.3) is 16.6 Å². The van der Waals surface area contributed by atoms with Crippen molar-refractivity contribution in [1.82, 2.24) is 15.1 Å². The van der Waals surface area contributed by atoms with Gasteiger partial charge in [-0.25, -0.2) is 4.68 Å². The Morgan fingerprint density at radius 3 is 2.54 bits per heavy atom. The fourth-order valence-corrected chi connectivity index (χ4v) is 3.89. The van der Waals surface area contributed by atoms with Crippen LogP contribution in [0.2, 0.25) is 5.02 Å². The Morgan fingerprint density at radius 2 is 1.84 bits per heavy atom. The molecule has 2 amide bonds. The van der Waals surface area contributed by atoms with Gasteiger partial charge >= 0.3 is 6.18 Å². The standard InChI is InChI=1S/C26H22ClF3N4O3/c1-37-12-11-24(35)31-14-16-5-10-21(27)19(13-16)25(36)33-22-3-2-4-23-20(22)15-32-34(23)18-8-6-17(7-9-18)26(28,29)30/h2-10,13,15H,11-12,14H2,1H3,(H,31,35)(H,33,36). The largest absolute Gasteiger partial charge is 0.416 e. The molecule has 1 heterocycles. The lowest BCUT2D eigenvalue weighted by Crippen LogP contribution is -2.24. The predicted octanol–water partition coefficient (Wildman–Crippen LogP) is 5.60. The van der Waals surface area contributed by atoms with Gasteiger partial charge in [0.25, 0.3) is 5.91 Å². The lowest BCUT2D eigenvalue weighted by Gasteiger charge is -2.11. The molecule has 0 spiro atoms. The highest BCUT2D eigenvalue weighted by molar-refractivity contribution is 6.34. The van der Waals surface area contributed by atoms with Crippen molar-refractivity contribution in [3.8, 4) is 5.69 Å². The summed E-state index contributed by atoms with van der Waals surface area (Å²) in [5, 5.41) is 10.7. The van der Waals surface area contributed by atoms with Gasteiger partial charge in [-0.3, -0.25) is 9.59 Å². The molecule has 7 nitrogen and oxygen atoms in total. The van der Waals surface area contributed by atoms with E-state index in [0.717, 1.165) is 12.1 Å². The molecule has 0 saturated heterocycles. The van der Waals surface area contributed by atoms with Crippen LogP contribution >= 0.6 is 11.6 Å². The Balaban J connectivity index is 1.54. The number of methoxy groups -OCH3 is 1. The van der Waals surface area contributed by atoms with Gasteiger partial charge in [-0.1, -0.05) is 23.7 Å². The molecule has 192 valence electrons. The van der Waals surface area contributed by atoms with Crippen LogP contribution < -0.4 is 10.6 Å². The molecule has 0 unspecified atom stereocenters. The summed E-state index contributed by atoms with van der Waals surface area (Å²) in [6, 6.07) is 14.7. The highest BCUT2D eigenvalue weighted by Crippen LogP contribution is 2.31. The average molecular weight is 531 g/mol. The number of amides is 2. The minimum absolute atomic E-state index is 0.181. The Hall–Kier alpha value is -3.89. The molecule has 0 aliphatic rings. The van der Waals surface area contributed by atoms with Crippen molar-refractivity contribution < 1.29 is 27.5 Å². The molecule has 3 aromatic carbocycles. The first-order chi connectivity index (χ1) is 17.7. The average Bonchev–Trinajstić information content (AvgIpc) is 3.31. The maximum Gasteiger partial charge on any atom is 0.416 e. The van der Waals surface area contributed by atoms with Gasteiger partial charge in [0.1, 0.15) is 0 Å². The Morgan fingerprint density at radius 1 is 1.08 bits per heavy atom. The SMILES string of the molecule is COCCC(=O)NCc1ccc(Cl)c(C(=O)Nc2cccc3c2cnn3-c2ccc(C(F)(F)F)cc2)c1. The second-order valence-electron chi connectivity index (χ2n) is 8.13. The first-order valence-electron chi connectivity index (χ1n) is 11.2. The number of aromatic nitrogens is 2. The molecule has 2 N–H and O–H groups in total. The Labute approximate surface area is 215 Å². The van der Waals surface area contributed by atoms with Gasteiger partial charge < -0.3 is 15.4 Å². The maximum atomic E-state index is 13.1. The van der Waals surface area contributed by atoms with Gasteiger partial charge in [-0.15, -0.1) is 0 Å². The van der Waals surface area contributed by atoms with Crippen molar-refractivity contribution in [3.05, 3.63) is 88.6 Å². The van der Waals surface area contributed by atoms with Crippen molar-refractivity contribution in [2.45, 2.75) is 19.1 Å². The summed E-state index contributed by atoms with van der Waals surface area (Å²) in [7, 11) is 1.51. The van der Waals surface area contributed by atoms with E-state index < -0.39 is 17.6 Å². The fourth-order valence-electron chi connectivity index (χ4n) is 3.69. The van der Waals surface area contributed by atoms with E-state index in [1.807, 2.05) is 0 Å². The number of ether oxygens (including phenoxy) is 1. The van der Waals surface area contributed by atoms with Crippen LogP contribution in [-0.2, 0) is 22.3 Å². The number of nitrogens with one attached hydrogen (secondary N) is 2. The molecule has 1 aromatic heterocycles. The number of rotatable bonds is 8. The molecule has 0 bridgehead atoms. The zero-order valence-corrected chi connectivity index (χ0v) is 20.4. The zero-order chi connectivity index (χ0) is 26.6. The first kappa shape index (κ1) is 26.2. The highest BCUT2D eigenvalue weighted by Gasteiger charge is 2.30. The molecule has 11 heteroatoms. The molecule has 4 rings (SSSR count). The third kappa shape index (κ3) is 6.10. The molecule has 0 radical (unpaired) electrons. The lowest BCUT2D eigenvalue weighted by atomic mass is 10.1. The number of benzene rings is 3. The van der Waals surface area contributed by atoms with E-state index in [1.165, 1.54) is 30.1 Å². The van der Waals surface area contributed by atoms with Gasteiger partial charge in [0.05, 0.1) is 45.8 Å². The maximum absolute atomic E-state index is 13.1. The van der Waals surface area contributed by atoms with Gasteiger partial charge in [-0.05, 0) is 54.1 Å². The van der Waals surface area contributed by atoms with Crippen LogP contribution in [0.1, 0.15) is 27.9 Å². The fraction of sp³-hybridized carbons (Fsp3) is 0.192. The van der Waals surface area contributed by atoms with Gasteiger partial charge in [0.2, 0.25) is 5.91 Å². The van der Waals surface area contributed by atoms with E-state index in [4.69, 9.17) is 16.3 Å². The van der Waals surface area contributed by atoms with Crippen LogP contribution in [0.5, 0.6) is 0 Å². The van der Waals surface area contributed by atoms with Crippen molar-refractivity contribution in [1.29, 1.82) is 0 Å². The van der Waals surface area contributed by atoms with Crippen LogP contribution in [0, 0.1) is 0 Å². The monoisotopic (exact) mass is 530 g/mol. The number of hydrogen-bond acceptors (Lipinski definition) is 4. The van der Waals surface area contributed by atoms with E-state index in [-0.39, 0.29) is 29.5 Å². The Kier molecular flexibility index (Phi) is 7.80. The normalized spacial score (nSPS) is 11.5. The first-order valence-corrected chi connectivity index (χ1v) is 11.5. The molecule has 0 aliphatic carbocycles. The number of hydrogen-bond donors (Lipinski definition) is 2. The highest BCUT2D eigenvalue weighted by atomic mass is 35.5. The van der Waals surface area contributed by atoms with E-state index in [0.29, 0.717) is 34.4 Å². The molecule has 0 aliphatic heterocycles. The van der Waals surface area contributed by atoms with Gasteiger partial charge in [0.15, 0.2) is 0 Å². The topological polar surface area (TPSA) is 85.2 Å². The van der Waals surface area contributed by atoms with E-state index >= 15 is 0 Å². The minimum Gasteiger partial charge on any atom is -0.384 e. The summed E-state index contributed by atoms with van der Waals surface area (Å²) in [4.78, 5) is 24.9. The van der Waals surface area contributed by atoms with E-state index in [1.54, 1.807) is 36.4 Å². The van der Waals surface area contributed by atoms with E-state index in [9.17, 15) is 22.8 Å². The summed E-state index contributed by atoms with van der Waals surface area (Å²) in [6.45, 7) is 0.524. The van der Waals surface area contributed by atoms with Gasteiger partial charge in [0, 0.05) is 25.5 Å². The molecule has 0 fully saturated rings. The van der Waals surface area contributed by atoms with Crippen molar-refractivity contribution in [2.75, 3.05) is 19.0 Å². The van der Waals surface area contributed by atoms with Crippen LogP contribution in [0.15, 0.2) is 66.9 Å². The summed E-state index contributed by atoms with van der Waals surface area (Å²) in [6.07, 6.45) is -2.69. The Bertz CT molecular complexity index is 1440. The molecular formula is C26H22ClF3N4O3. The zero-order valence-electron chi connectivity index (χ0n) is 19.6. The summed E-state index contributed by atoms with van der Waals surface area (Å²) < 4.78 is 45.1. The molecule has 0 saturated carbocycles. The number of halogens is 4. The minimum atomic E-state index is -4.43.